The monoisotopic (exact) mass is 559 g/mol. The minimum absolute atomic E-state index is 0.156. The average Bonchev–Trinajstić information content (AvgIpc) is 3.16. The lowest BCUT2D eigenvalue weighted by Crippen LogP contribution is -2.05. The Hall–Kier alpha value is -2.80. The molecule has 1 aliphatic heterocycles. The van der Waals surface area contributed by atoms with Gasteiger partial charge in [-0.25, -0.2) is 9.79 Å². The summed E-state index contributed by atoms with van der Waals surface area (Å²) in [4.78, 5) is 16.8. The van der Waals surface area contributed by atoms with E-state index in [1.165, 1.54) is 5.56 Å². The molecule has 0 bridgehead atoms. The molecule has 0 spiro atoms. The molecule has 3 aromatic rings. The fourth-order valence-electron chi connectivity index (χ4n) is 3.23. The van der Waals surface area contributed by atoms with Crippen LogP contribution in [0.4, 0.5) is 0 Å². The molecule has 0 fully saturated rings. The first-order chi connectivity index (χ1) is 16.3. The molecule has 4 rings (SSSR count). The predicted octanol–water partition coefficient (Wildman–Crippen LogP) is 7.39. The molecule has 0 unspecified atom stereocenters. The van der Waals surface area contributed by atoms with Gasteiger partial charge in [-0.15, -0.1) is 0 Å². The quantitative estimate of drug-likeness (QED) is 0.223. The highest BCUT2D eigenvalue weighted by Crippen LogP contribution is 2.38. The maximum absolute atomic E-state index is 12.4. The van der Waals surface area contributed by atoms with Gasteiger partial charge in [-0.1, -0.05) is 53.0 Å². The van der Waals surface area contributed by atoms with Crippen molar-refractivity contribution in [3.8, 4) is 11.5 Å². The number of ether oxygens (including phenoxy) is 3. The van der Waals surface area contributed by atoms with Crippen molar-refractivity contribution in [1.29, 1.82) is 0 Å². The second-order valence-electron chi connectivity index (χ2n) is 7.50. The van der Waals surface area contributed by atoms with E-state index >= 15 is 0 Å². The molecule has 0 atom stereocenters. The Kier molecular flexibility index (Phi) is 7.61. The topological polar surface area (TPSA) is 57.1 Å². The van der Waals surface area contributed by atoms with E-state index in [4.69, 9.17) is 37.4 Å². The van der Waals surface area contributed by atoms with Crippen molar-refractivity contribution in [1.82, 2.24) is 0 Å². The van der Waals surface area contributed by atoms with Crippen molar-refractivity contribution in [2.45, 2.75) is 20.5 Å². The molecule has 1 aliphatic rings. The van der Waals surface area contributed by atoms with Gasteiger partial charge in [0, 0.05) is 5.56 Å². The van der Waals surface area contributed by atoms with Crippen LogP contribution in [0.2, 0.25) is 10.0 Å². The second kappa shape index (κ2) is 10.6. The molecule has 0 saturated carbocycles. The maximum atomic E-state index is 12.4. The van der Waals surface area contributed by atoms with Gasteiger partial charge in [0.25, 0.3) is 0 Å². The number of nitrogens with zero attached hydrogens (tertiary/aromatic N) is 1. The van der Waals surface area contributed by atoms with Gasteiger partial charge in [0.05, 0.1) is 21.1 Å². The van der Waals surface area contributed by atoms with Crippen molar-refractivity contribution in [2.24, 2.45) is 4.99 Å². The van der Waals surface area contributed by atoms with E-state index in [1.54, 1.807) is 30.3 Å². The molecule has 0 aromatic heterocycles. The lowest BCUT2D eigenvalue weighted by molar-refractivity contribution is -0.129. The first-order valence-corrected chi connectivity index (χ1v) is 12.0. The number of cyclic esters (lactones) is 1. The van der Waals surface area contributed by atoms with Crippen molar-refractivity contribution in [2.75, 3.05) is 6.61 Å². The molecular weight excluding hydrogens is 541 g/mol. The molecule has 0 aliphatic carbocycles. The predicted molar refractivity (Wildman–Crippen MR) is 138 cm³/mol. The third kappa shape index (κ3) is 5.63. The van der Waals surface area contributed by atoms with Gasteiger partial charge >= 0.3 is 5.97 Å². The molecule has 1 heterocycles. The van der Waals surface area contributed by atoms with E-state index in [-0.39, 0.29) is 11.6 Å². The lowest BCUT2D eigenvalue weighted by atomic mass is 10.1. The number of carbonyl (C=O) groups excluding carboxylic acids is 1. The van der Waals surface area contributed by atoms with Crippen LogP contribution in [0.15, 0.2) is 69.8 Å². The number of hydrogen-bond acceptors (Lipinski definition) is 5. The third-order valence-corrected chi connectivity index (χ3v) is 6.25. The zero-order valence-electron chi connectivity index (χ0n) is 18.4. The second-order valence-corrected chi connectivity index (χ2v) is 9.17. The van der Waals surface area contributed by atoms with Gasteiger partial charge < -0.3 is 14.2 Å². The zero-order valence-corrected chi connectivity index (χ0v) is 21.5. The van der Waals surface area contributed by atoms with Gasteiger partial charge in [0.15, 0.2) is 17.2 Å². The van der Waals surface area contributed by atoms with E-state index in [1.807, 2.05) is 44.2 Å². The van der Waals surface area contributed by atoms with Gasteiger partial charge in [-0.2, -0.15) is 0 Å². The van der Waals surface area contributed by atoms with Crippen LogP contribution in [0.5, 0.6) is 11.5 Å². The highest BCUT2D eigenvalue weighted by atomic mass is 79.9. The molecular formula is C26H20BrCl2NO4. The molecule has 0 saturated heterocycles. The van der Waals surface area contributed by atoms with E-state index in [2.05, 4.69) is 20.9 Å². The van der Waals surface area contributed by atoms with Crippen molar-refractivity contribution in [3.05, 3.63) is 97.1 Å². The van der Waals surface area contributed by atoms with E-state index in [0.29, 0.717) is 50.4 Å². The number of hydrogen-bond donors (Lipinski definition) is 0. The molecule has 8 heteroatoms. The first-order valence-electron chi connectivity index (χ1n) is 10.5. The molecule has 3 aromatic carbocycles. The molecule has 174 valence electrons. The van der Waals surface area contributed by atoms with Crippen LogP contribution in [0, 0.1) is 6.92 Å². The Balaban J connectivity index is 1.61. The van der Waals surface area contributed by atoms with Crippen LogP contribution in [0.25, 0.3) is 6.08 Å². The summed E-state index contributed by atoms with van der Waals surface area (Å²) in [6, 6.07) is 16.7. The summed E-state index contributed by atoms with van der Waals surface area (Å²) in [7, 11) is 0. The maximum Gasteiger partial charge on any atom is 0.363 e. The number of aliphatic imine (C=N–C) groups is 1. The summed E-state index contributed by atoms with van der Waals surface area (Å²) < 4.78 is 17.9. The normalized spacial score (nSPS) is 14.2. The summed E-state index contributed by atoms with van der Waals surface area (Å²) >= 11 is 15.6. The van der Waals surface area contributed by atoms with Crippen molar-refractivity contribution < 1.29 is 19.0 Å². The van der Waals surface area contributed by atoms with Gasteiger partial charge in [-0.3, -0.25) is 0 Å². The minimum atomic E-state index is -0.560. The van der Waals surface area contributed by atoms with Gasteiger partial charge in [0.1, 0.15) is 6.61 Å². The fraction of sp³-hybridized carbons (Fsp3) is 0.154. The summed E-state index contributed by atoms with van der Waals surface area (Å²) in [5, 5.41) is 0.756. The van der Waals surface area contributed by atoms with Gasteiger partial charge in [-0.05, 0) is 77.3 Å². The largest absolute Gasteiger partial charge is 0.490 e. The number of esters is 1. The van der Waals surface area contributed by atoms with Gasteiger partial charge in [0.2, 0.25) is 5.90 Å². The fourth-order valence-corrected chi connectivity index (χ4v) is 4.11. The van der Waals surface area contributed by atoms with Crippen LogP contribution in [0.3, 0.4) is 0 Å². The van der Waals surface area contributed by atoms with Crippen LogP contribution < -0.4 is 9.47 Å². The Morgan fingerprint density at radius 1 is 1.03 bits per heavy atom. The minimum Gasteiger partial charge on any atom is -0.490 e. The van der Waals surface area contributed by atoms with Crippen LogP contribution in [-0.2, 0) is 16.1 Å². The lowest BCUT2D eigenvalue weighted by Gasteiger charge is -2.15. The van der Waals surface area contributed by atoms with Crippen molar-refractivity contribution in [3.63, 3.8) is 0 Å². The Labute approximate surface area is 216 Å². The molecule has 0 radical (unpaired) electrons. The van der Waals surface area contributed by atoms with Crippen LogP contribution in [-0.4, -0.2) is 18.5 Å². The Bertz CT molecular complexity index is 1300. The molecule has 34 heavy (non-hydrogen) atoms. The number of halogens is 3. The van der Waals surface area contributed by atoms with E-state index in [9.17, 15) is 4.79 Å². The standard InChI is InChI=1S/C26H20BrCl2NO4/c1-3-32-23-12-17(10-19(27)24(23)33-14-16-6-4-15(2)5-7-16)11-22-26(31)34-25(30-22)18-8-9-20(28)21(29)13-18/h4-13H,3,14H2,1-2H3/b22-11-. The number of rotatable bonds is 7. The Morgan fingerprint density at radius 2 is 1.79 bits per heavy atom. The number of aryl methyl sites for hydroxylation is 1. The highest BCUT2D eigenvalue weighted by molar-refractivity contribution is 9.10. The smallest absolute Gasteiger partial charge is 0.363 e. The third-order valence-electron chi connectivity index (χ3n) is 4.93. The Morgan fingerprint density at radius 3 is 2.50 bits per heavy atom. The van der Waals surface area contributed by atoms with Crippen LogP contribution >= 0.6 is 39.1 Å². The van der Waals surface area contributed by atoms with E-state index < -0.39 is 5.97 Å². The van der Waals surface area contributed by atoms with E-state index in [0.717, 1.165) is 5.56 Å². The molecule has 5 nitrogen and oxygen atoms in total. The van der Waals surface area contributed by atoms with Crippen molar-refractivity contribution >= 4 is 57.1 Å². The molecule has 0 N–H and O–H groups in total. The summed E-state index contributed by atoms with van der Waals surface area (Å²) in [5.41, 5.74) is 3.65. The number of benzene rings is 3. The average molecular weight is 561 g/mol. The summed E-state index contributed by atoms with van der Waals surface area (Å²) in [6.07, 6.45) is 1.63. The molecule has 0 amide bonds. The zero-order chi connectivity index (χ0) is 24.2. The summed E-state index contributed by atoms with van der Waals surface area (Å²) in [5.74, 6) is 0.737. The first kappa shape index (κ1) is 24.3. The number of carbonyl (C=O) groups is 1. The van der Waals surface area contributed by atoms with Crippen LogP contribution in [0.1, 0.15) is 29.2 Å². The summed E-state index contributed by atoms with van der Waals surface area (Å²) in [6.45, 7) is 4.78. The SMILES string of the molecule is CCOc1cc(/C=C2\N=C(c3ccc(Cl)c(Cl)c3)OC2=O)cc(Br)c1OCc1ccc(C)cc1. The highest BCUT2D eigenvalue weighted by Gasteiger charge is 2.25.